The van der Waals surface area contributed by atoms with Crippen molar-refractivity contribution in [1.82, 2.24) is 21.3 Å². The number of rotatable bonds is 17. The molecule has 0 bridgehead atoms. The topological polar surface area (TPSA) is 191 Å². The zero-order valence-corrected chi connectivity index (χ0v) is 26.1. The fourth-order valence-electron chi connectivity index (χ4n) is 4.11. The smallest absolute Gasteiger partial charge is 0.326 e. The number of aliphatic carboxylic acids is 2. The van der Waals surface area contributed by atoms with Gasteiger partial charge in [0.2, 0.25) is 23.6 Å². The molecule has 0 radical (unpaired) electrons. The number of nitrogens with one attached hydrogen (secondary N) is 4. The third-order valence-electron chi connectivity index (χ3n) is 6.18. The second-order valence-corrected chi connectivity index (χ2v) is 11.6. The fraction of sp³-hybridized carbons (Fsp3) is 0.379. The van der Waals surface area contributed by atoms with Crippen LogP contribution in [0.5, 0.6) is 0 Å². The molecule has 12 nitrogen and oxygen atoms in total. The molecule has 4 atom stereocenters. The van der Waals surface area contributed by atoms with Gasteiger partial charge in [0.25, 0.3) is 0 Å². The summed E-state index contributed by atoms with van der Waals surface area (Å²) in [6.45, 7) is 1.26. The first-order valence-corrected chi connectivity index (χ1v) is 15.5. The first-order valence-electron chi connectivity index (χ1n) is 13.3. The summed E-state index contributed by atoms with van der Waals surface area (Å²) in [5, 5.41) is 29.0. The lowest BCUT2D eigenvalue weighted by atomic mass is 10.0. The molecule has 14 heteroatoms. The van der Waals surface area contributed by atoms with E-state index in [4.69, 9.17) is 0 Å². The lowest BCUT2D eigenvalue weighted by molar-refractivity contribution is -0.143. The SMILES string of the molecule is CSCC[C@H](NC(=O)[C@H](Cc1ccccc1)NC(C)=O)C(=O)N[C@@H](CC(=O)O)C(=O)N[C@@H](Cc1cccc(Br)c1)C(=O)O. The van der Waals surface area contributed by atoms with Crippen LogP contribution in [0.3, 0.4) is 0 Å². The summed E-state index contributed by atoms with van der Waals surface area (Å²) in [6.07, 6.45) is 1.17. The average Bonchev–Trinajstić information content (AvgIpc) is 2.94. The molecular formula is C29H35BrN4O8S. The molecule has 2 aromatic rings. The number of benzene rings is 2. The van der Waals surface area contributed by atoms with Gasteiger partial charge in [-0.3, -0.25) is 24.0 Å². The monoisotopic (exact) mass is 678 g/mol. The fourth-order valence-corrected chi connectivity index (χ4v) is 5.03. The first kappa shape index (κ1) is 35.3. The Bertz CT molecular complexity index is 1300. The van der Waals surface area contributed by atoms with Crippen LogP contribution in [0, 0.1) is 0 Å². The number of amides is 4. The van der Waals surface area contributed by atoms with Gasteiger partial charge in [-0.15, -0.1) is 0 Å². The van der Waals surface area contributed by atoms with E-state index in [-0.39, 0.29) is 19.3 Å². The van der Waals surface area contributed by atoms with Crippen molar-refractivity contribution in [2.24, 2.45) is 0 Å². The highest BCUT2D eigenvalue weighted by atomic mass is 79.9. The molecule has 6 N–H and O–H groups in total. The molecule has 232 valence electrons. The van der Waals surface area contributed by atoms with Gasteiger partial charge in [0.1, 0.15) is 24.2 Å². The van der Waals surface area contributed by atoms with Gasteiger partial charge >= 0.3 is 11.9 Å². The van der Waals surface area contributed by atoms with Gasteiger partial charge in [0, 0.05) is 24.2 Å². The summed E-state index contributed by atoms with van der Waals surface area (Å²) in [6, 6.07) is 10.6. The number of carbonyl (C=O) groups is 6. The van der Waals surface area contributed by atoms with Crippen molar-refractivity contribution in [3.05, 3.63) is 70.2 Å². The lowest BCUT2D eigenvalue weighted by Gasteiger charge is -2.25. The van der Waals surface area contributed by atoms with Crippen LogP contribution >= 0.6 is 27.7 Å². The van der Waals surface area contributed by atoms with Gasteiger partial charge in [-0.25, -0.2) is 4.79 Å². The Morgan fingerprint density at radius 2 is 1.30 bits per heavy atom. The Labute approximate surface area is 261 Å². The summed E-state index contributed by atoms with van der Waals surface area (Å²) in [7, 11) is 0. The Hall–Kier alpha value is -3.91. The maximum absolute atomic E-state index is 13.3. The Balaban J connectivity index is 2.20. The van der Waals surface area contributed by atoms with Gasteiger partial charge in [-0.1, -0.05) is 58.4 Å². The number of carboxylic acids is 2. The Morgan fingerprint density at radius 1 is 0.744 bits per heavy atom. The minimum Gasteiger partial charge on any atom is -0.481 e. The van der Waals surface area contributed by atoms with E-state index in [0.717, 1.165) is 5.56 Å². The molecular weight excluding hydrogens is 644 g/mol. The second-order valence-electron chi connectivity index (χ2n) is 9.68. The highest BCUT2D eigenvalue weighted by molar-refractivity contribution is 9.10. The normalized spacial score (nSPS) is 13.5. The zero-order chi connectivity index (χ0) is 31.9. The van der Waals surface area contributed by atoms with Crippen LogP contribution in [-0.2, 0) is 41.6 Å². The molecule has 2 aromatic carbocycles. The van der Waals surface area contributed by atoms with Crippen molar-refractivity contribution >= 4 is 63.3 Å². The minimum absolute atomic E-state index is 0.0907. The first-order chi connectivity index (χ1) is 20.4. The van der Waals surface area contributed by atoms with Crippen LogP contribution in [0.4, 0.5) is 0 Å². The quantitative estimate of drug-likeness (QED) is 0.144. The van der Waals surface area contributed by atoms with Crippen LogP contribution in [0.1, 0.15) is 30.9 Å². The summed E-state index contributed by atoms with van der Waals surface area (Å²) in [5.41, 5.74) is 1.38. The van der Waals surface area contributed by atoms with Crippen LogP contribution < -0.4 is 21.3 Å². The van der Waals surface area contributed by atoms with E-state index < -0.39 is 66.2 Å². The van der Waals surface area contributed by atoms with Crippen molar-refractivity contribution in [1.29, 1.82) is 0 Å². The van der Waals surface area contributed by atoms with E-state index >= 15 is 0 Å². The van der Waals surface area contributed by atoms with E-state index in [0.29, 0.717) is 15.8 Å². The second kappa shape index (κ2) is 17.9. The molecule has 0 aliphatic carbocycles. The highest BCUT2D eigenvalue weighted by Gasteiger charge is 2.32. The number of hydrogen-bond acceptors (Lipinski definition) is 7. The molecule has 4 amide bonds. The maximum atomic E-state index is 13.3. The van der Waals surface area contributed by atoms with Gasteiger partial charge in [-0.2, -0.15) is 11.8 Å². The number of carbonyl (C=O) groups excluding carboxylic acids is 4. The third kappa shape index (κ3) is 12.9. The number of halogens is 1. The van der Waals surface area contributed by atoms with Crippen molar-refractivity contribution in [3.63, 3.8) is 0 Å². The van der Waals surface area contributed by atoms with Gasteiger partial charge < -0.3 is 31.5 Å². The van der Waals surface area contributed by atoms with Crippen molar-refractivity contribution in [2.45, 2.75) is 56.8 Å². The molecule has 43 heavy (non-hydrogen) atoms. The largest absolute Gasteiger partial charge is 0.481 e. The number of thioether (sulfide) groups is 1. The van der Waals surface area contributed by atoms with E-state index in [1.54, 1.807) is 54.8 Å². The number of carboxylic acid groups (broad SMARTS) is 2. The van der Waals surface area contributed by atoms with Gasteiger partial charge in [0.05, 0.1) is 6.42 Å². The van der Waals surface area contributed by atoms with Crippen molar-refractivity contribution < 1.29 is 39.0 Å². The molecule has 0 aliphatic heterocycles. The van der Waals surface area contributed by atoms with E-state index in [2.05, 4.69) is 37.2 Å². The Kier molecular flexibility index (Phi) is 14.7. The summed E-state index contributed by atoms with van der Waals surface area (Å²) in [4.78, 5) is 74.9. The summed E-state index contributed by atoms with van der Waals surface area (Å²) in [5.74, 6) is -5.24. The molecule has 0 aliphatic rings. The summed E-state index contributed by atoms with van der Waals surface area (Å²) < 4.78 is 0.708. The van der Waals surface area contributed by atoms with E-state index in [1.165, 1.54) is 18.7 Å². The average molecular weight is 680 g/mol. The van der Waals surface area contributed by atoms with Gasteiger partial charge in [0.15, 0.2) is 0 Å². The molecule has 0 heterocycles. The van der Waals surface area contributed by atoms with Crippen molar-refractivity contribution in [3.8, 4) is 0 Å². The summed E-state index contributed by atoms with van der Waals surface area (Å²) >= 11 is 4.71. The molecule has 0 fully saturated rings. The molecule has 0 spiro atoms. The molecule has 0 aromatic heterocycles. The molecule has 0 saturated carbocycles. The van der Waals surface area contributed by atoms with Crippen LogP contribution in [0.2, 0.25) is 0 Å². The van der Waals surface area contributed by atoms with Crippen molar-refractivity contribution in [2.75, 3.05) is 12.0 Å². The van der Waals surface area contributed by atoms with E-state index in [9.17, 15) is 39.0 Å². The minimum atomic E-state index is -1.63. The standard InChI is InChI=1S/C29H35BrN4O8S/c1-17(35)31-22(14-18-7-4-3-5-8-18)27(39)32-21(11-12-43-2)26(38)33-23(16-25(36)37)28(40)34-24(29(41)42)15-19-9-6-10-20(30)13-19/h3-10,13,21-24H,11-12,14-16H2,1-2H3,(H,31,35)(H,32,39)(H,33,38)(H,34,40)(H,36,37)(H,41,42)/t21-,22-,23-,24-/m0/s1. The highest BCUT2D eigenvalue weighted by Crippen LogP contribution is 2.14. The number of hydrogen-bond donors (Lipinski definition) is 6. The zero-order valence-electron chi connectivity index (χ0n) is 23.7. The van der Waals surface area contributed by atoms with Crippen LogP contribution in [0.25, 0.3) is 0 Å². The van der Waals surface area contributed by atoms with Gasteiger partial charge in [-0.05, 0) is 41.7 Å². The third-order valence-corrected chi connectivity index (χ3v) is 7.31. The van der Waals surface area contributed by atoms with E-state index in [1.807, 2.05) is 6.07 Å². The predicted octanol–water partition coefficient (Wildman–Crippen LogP) is 1.51. The van der Waals surface area contributed by atoms with Crippen LogP contribution in [-0.4, -0.2) is 82.0 Å². The Morgan fingerprint density at radius 3 is 1.88 bits per heavy atom. The predicted molar refractivity (Wildman–Crippen MR) is 164 cm³/mol. The molecule has 0 saturated heterocycles. The lowest BCUT2D eigenvalue weighted by Crippen LogP contribution is -2.58. The van der Waals surface area contributed by atoms with Crippen LogP contribution in [0.15, 0.2) is 59.1 Å². The molecule has 2 rings (SSSR count). The maximum Gasteiger partial charge on any atom is 0.326 e. The molecule has 0 unspecified atom stereocenters.